The van der Waals surface area contributed by atoms with Gasteiger partial charge in [-0.1, -0.05) is 0 Å². The predicted molar refractivity (Wildman–Crippen MR) is 101 cm³/mol. The van der Waals surface area contributed by atoms with Crippen LogP contribution in [0.2, 0.25) is 0 Å². The van der Waals surface area contributed by atoms with Crippen molar-refractivity contribution in [2.75, 3.05) is 26.4 Å². The van der Waals surface area contributed by atoms with Gasteiger partial charge in [0.2, 0.25) is 5.79 Å². The van der Waals surface area contributed by atoms with Crippen molar-refractivity contribution in [3.8, 4) is 0 Å². The highest BCUT2D eigenvalue weighted by Crippen LogP contribution is 2.36. The molecule has 14 atom stereocenters. The summed E-state index contributed by atoms with van der Waals surface area (Å²) in [7, 11) is 0. The second kappa shape index (κ2) is 11.2. The largest absolute Gasteiger partial charge is 0.394 e. The van der Waals surface area contributed by atoms with Crippen molar-refractivity contribution < 1.29 is 79.9 Å². The SMILES string of the molecule is OC[C@@H]1O[C@H](OC[C@H]2O[C@@H](O[C@@]3(CO)O[C@H](CO)[C@@H](O)[C@@H]3O)[C@H](O)[C@@H](O)[C@@H]2O)[C@@H](O)[C@H](O)[C@H]1O. The number of hydrogen-bond acceptors (Lipinski definition) is 16. The van der Waals surface area contributed by atoms with Crippen molar-refractivity contribution in [1.29, 1.82) is 0 Å². The maximum atomic E-state index is 10.3. The Bertz CT molecular complexity index is 653. The molecule has 3 heterocycles. The average Bonchev–Trinajstić information content (AvgIpc) is 3.08. The van der Waals surface area contributed by atoms with Crippen molar-refractivity contribution in [1.82, 2.24) is 0 Å². The summed E-state index contributed by atoms with van der Waals surface area (Å²) in [4.78, 5) is 0. The van der Waals surface area contributed by atoms with Crippen LogP contribution in [0.1, 0.15) is 0 Å². The number of ether oxygens (including phenoxy) is 5. The van der Waals surface area contributed by atoms with Gasteiger partial charge in [0.15, 0.2) is 12.6 Å². The Morgan fingerprint density at radius 2 is 1.12 bits per heavy atom. The van der Waals surface area contributed by atoms with E-state index in [1.165, 1.54) is 0 Å². The van der Waals surface area contributed by atoms with Crippen molar-refractivity contribution in [2.24, 2.45) is 0 Å². The minimum atomic E-state index is -2.36. The third-order valence-electron chi connectivity index (χ3n) is 6.16. The molecular weight excluding hydrogens is 472 g/mol. The van der Waals surface area contributed by atoms with Crippen LogP contribution in [-0.2, 0) is 23.7 Å². The molecule has 0 aromatic heterocycles. The van der Waals surface area contributed by atoms with Gasteiger partial charge in [-0.25, -0.2) is 0 Å². The van der Waals surface area contributed by atoms with Crippen LogP contribution in [0.4, 0.5) is 0 Å². The fourth-order valence-electron chi connectivity index (χ4n) is 4.01. The van der Waals surface area contributed by atoms with E-state index in [9.17, 15) is 56.2 Å². The first-order valence-corrected chi connectivity index (χ1v) is 10.6. The van der Waals surface area contributed by atoms with Gasteiger partial charge in [-0.3, -0.25) is 0 Å². The molecule has 0 radical (unpaired) electrons. The molecule has 0 aliphatic carbocycles. The maximum Gasteiger partial charge on any atom is 0.224 e. The third kappa shape index (κ3) is 5.09. The van der Waals surface area contributed by atoms with Crippen LogP contribution >= 0.6 is 0 Å². The van der Waals surface area contributed by atoms with E-state index in [4.69, 9.17) is 23.7 Å². The lowest BCUT2D eigenvalue weighted by Crippen LogP contribution is -2.63. The van der Waals surface area contributed by atoms with Gasteiger partial charge in [-0.15, -0.1) is 0 Å². The highest BCUT2D eigenvalue weighted by molar-refractivity contribution is 4.98. The molecule has 0 amide bonds. The quantitative estimate of drug-likeness (QED) is 0.146. The first-order chi connectivity index (χ1) is 16.0. The van der Waals surface area contributed by atoms with Crippen molar-refractivity contribution in [3.63, 3.8) is 0 Å². The Morgan fingerprint density at radius 3 is 1.65 bits per heavy atom. The first-order valence-electron chi connectivity index (χ1n) is 10.6. The summed E-state index contributed by atoms with van der Waals surface area (Å²) >= 11 is 0. The van der Waals surface area contributed by atoms with Gasteiger partial charge < -0.3 is 79.9 Å². The van der Waals surface area contributed by atoms with Gasteiger partial charge in [-0.05, 0) is 0 Å². The number of hydrogen-bond donors (Lipinski definition) is 11. The zero-order chi connectivity index (χ0) is 25.4. The normalized spacial score (nSPS) is 52.1. The van der Waals surface area contributed by atoms with Gasteiger partial charge >= 0.3 is 0 Å². The fourth-order valence-corrected chi connectivity index (χ4v) is 4.01. The van der Waals surface area contributed by atoms with Crippen molar-refractivity contribution in [2.45, 2.75) is 85.5 Å². The van der Waals surface area contributed by atoms with Crippen LogP contribution in [0, 0.1) is 0 Å². The van der Waals surface area contributed by atoms with Gasteiger partial charge in [0, 0.05) is 0 Å². The summed E-state index contributed by atoms with van der Waals surface area (Å²) in [5, 5.41) is 109. The van der Waals surface area contributed by atoms with Crippen molar-refractivity contribution >= 4 is 0 Å². The smallest absolute Gasteiger partial charge is 0.224 e. The lowest BCUT2D eigenvalue weighted by molar-refractivity contribution is -0.388. The van der Waals surface area contributed by atoms with E-state index in [1.807, 2.05) is 0 Å². The summed E-state index contributed by atoms with van der Waals surface area (Å²) in [6.07, 6.45) is -21.8. The summed E-state index contributed by atoms with van der Waals surface area (Å²) in [5.41, 5.74) is 0. The molecular formula is C18H32O16. The predicted octanol–water partition coefficient (Wildman–Crippen LogP) is -7.57. The average molecular weight is 504 g/mol. The Morgan fingerprint density at radius 1 is 0.588 bits per heavy atom. The topological polar surface area (TPSA) is 269 Å². The van der Waals surface area contributed by atoms with Crippen LogP contribution in [0.15, 0.2) is 0 Å². The molecule has 3 aliphatic rings. The summed E-state index contributed by atoms with van der Waals surface area (Å²) in [6, 6.07) is 0. The molecule has 11 N–H and O–H groups in total. The molecule has 200 valence electrons. The van der Waals surface area contributed by atoms with Gasteiger partial charge in [0.1, 0.15) is 73.8 Å². The molecule has 16 nitrogen and oxygen atoms in total. The molecule has 16 heteroatoms. The molecule has 0 bridgehead atoms. The standard InChI is InChI=1S/C18H32O16/c19-1-5-8(22)11(25)13(27)16(31-5)30-3-7-9(23)12(26)14(28)17(32-7)34-18(4-21)15(29)10(24)6(2-20)33-18/h5-17,19-29H,1-4H2/t5-,6+,7+,8-,9+,10+,11+,12-,13-,14+,15-,16-,17-,18+/m0/s1. The van der Waals surface area contributed by atoms with Crippen LogP contribution in [-0.4, -0.2) is 168 Å². The fraction of sp³-hybridized carbons (Fsp3) is 1.00. The van der Waals surface area contributed by atoms with Crippen LogP contribution < -0.4 is 0 Å². The van der Waals surface area contributed by atoms with E-state index < -0.39 is 112 Å². The highest BCUT2D eigenvalue weighted by atomic mass is 16.8. The lowest BCUT2D eigenvalue weighted by Gasteiger charge is -2.44. The Balaban J connectivity index is 1.69. The van der Waals surface area contributed by atoms with E-state index in [1.54, 1.807) is 0 Å². The molecule has 3 fully saturated rings. The molecule has 0 aromatic carbocycles. The van der Waals surface area contributed by atoms with Crippen LogP contribution in [0.25, 0.3) is 0 Å². The van der Waals surface area contributed by atoms with E-state index >= 15 is 0 Å². The molecule has 3 saturated heterocycles. The van der Waals surface area contributed by atoms with Crippen molar-refractivity contribution in [3.05, 3.63) is 0 Å². The zero-order valence-electron chi connectivity index (χ0n) is 17.8. The van der Waals surface area contributed by atoms with Gasteiger partial charge in [-0.2, -0.15) is 0 Å². The third-order valence-corrected chi connectivity index (χ3v) is 6.16. The first kappa shape index (κ1) is 27.9. The minimum absolute atomic E-state index is 0.634. The van der Waals surface area contributed by atoms with E-state index in [0.29, 0.717) is 0 Å². The monoisotopic (exact) mass is 504 g/mol. The minimum Gasteiger partial charge on any atom is -0.394 e. The Hall–Kier alpha value is -0.640. The van der Waals surface area contributed by atoms with E-state index in [0.717, 1.165) is 0 Å². The van der Waals surface area contributed by atoms with E-state index in [2.05, 4.69) is 0 Å². The Kier molecular flexibility index (Phi) is 9.18. The second-order valence-corrected chi connectivity index (χ2v) is 8.41. The second-order valence-electron chi connectivity index (χ2n) is 8.41. The molecule has 3 rings (SSSR count). The molecule has 0 spiro atoms. The molecule has 0 unspecified atom stereocenters. The number of aliphatic hydroxyl groups excluding tert-OH is 11. The molecule has 0 aromatic rings. The zero-order valence-corrected chi connectivity index (χ0v) is 17.8. The molecule has 3 aliphatic heterocycles. The summed E-state index contributed by atoms with van der Waals surface area (Å²) in [5.74, 6) is -2.36. The van der Waals surface area contributed by atoms with Gasteiger partial charge in [0.05, 0.1) is 19.8 Å². The number of aliphatic hydroxyl groups is 11. The number of rotatable bonds is 8. The van der Waals surface area contributed by atoms with Gasteiger partial charge in [0.25, 0.3) is 0 Å². The lowest BCUT2D eigenvalue weighted by atomic mass is 9.98. The summed E-state index contributed by atoms with van der Waals surface area (Å²) in [6.45, 7) is -3.14. The van der Waals surface area contributed by atoms with E-state index in [-0.39, 0.29) is 0 Å². The highest BCUT2D eigenvalue weighted by Gasteiger charge is 2.58. The summed E-state index contributed by atoms with van der Waals surface area (Å²) < 4.78 is 26.4. The molecule has 34 heavy (non-hydrogen) atoms. The maximum absolute atomic E-state index is 10.3. The van der Waals surface area contributed by atoms with Crippen LogP contribution in [0.5, 0.6) is 0 Å². The molecule has 0 saturated carbocycles. The Labute approximate surface area is 192 Å². The van der Waals surface area contributed by atoms with Crippen LogP contribution in [0.3, 0.4) is 0 Å².